The number of rotatable bonds is 5. The predicted molar refractivity (Wildman–Crippen MR) is 86.0 cm³/mol. The van der Waals surface area contributed by atoms with Gasteiger partial charge in [0.25, 0.3) is 5.91 Å². The van der Waals surface area contributed by atoms with Crippen LogP contribution in [-0.4, -0.2) is 39.7 Å². The van der Waals surface area contributed by atoms with Gasteiger partial charge in [-0.15, -0.1) is 0 Å². The average Bonchev–Trinajstić information content (AvgIpc) is 3.30. The van der Waals surface area contributed by atoms with Crippen LogP contribution in [-0.2, 0) is 11.8 Å². The minimum atomic E-state index is -0.169. The van der Waals surface area contributed by atoms with Crippen LogP contribution in [0.5, 0.6) is 0 Å². The van der Waals surface area contributed by atoms with Crippen molar-refractivity contribution in [3.8, 4) is 0 Å². The maximum atomic E-state index is 12.5. The van der Waals surface area contributed by atoms with Crippen molar-refractivity contribution >= 4 is 22.8 Å². The van der Waals surface area contributed by atoms with E-state index in [0.29, 0.717) is 24.3 Å². The van der Waals surface area contributed by atoms with Gasteiger partial charge >= 0.3 is 0 Å². The molecule has 122 valence electrons. The van der Waals surface area contributed by atoms with E-state index in [9.17, 15) is 9.59 Å². The molecule has 0 aliphatic heterocycles. The summed E-state index contributed by atoms with van der Waals surface area (Å²) < 4.78 is 1.68. The van der Waals surface area contributed by atoms with Gasteiger partial charge < -0.3 is 10.6 Å². The standard InChI is InChI=1S/C16H21N5O2/c1-9-8-12(13-10(2)20-21(3)14(13)19-9)16(23)18-7-6-17-15(22)11-4-5-11/h8,11H,4-7H2,1-3H3,(H,17,22)(H,18,23). The van der Waals surface area contributed by atoms with Gasteiger partial charge in [-0.1, -0.05) is 0 Å². The van der Waals surface area contributed by atoms with E-state index in [1.807, 2.05) is 20.9 Å². The molecule has 0 bridgehead atoms. The minimum Gasteiger partial charge on any atom is -0.354 e. The van der Waals surface area contributed by atoms with E-state index < -0.39 is 0 Å². The topological polar surface area (TPSA) is 88.9 Å². The van der Waals surface area contributed by atoms with Gasteiger partial charge in [-0.3, -0.25) is 14.3 Å². The Morgan fingerprint density at radius 3 is 2.65 bits per heavy atom. The van der Waals surface area contributed by atoms with Crippen molar-refractivity contribution in [2.24, 2.45) is 13.0 Å². The van der Waals surface area contributed by atoms with Crippen molar-refractivity contribution in [1.29, 1.82) is 0 Å². The van der Waals surface area contributed by atoms with Gasteiger partial charge in [-0.05, 0) is 32.8 Å². The number of nitrogens with zero attached hydrogens (tertiary/aromatic N) is 3. The van der Waals surface area contributed by atoms with Crippen molar-refractivity contribution < 1.29 is 9.59 Å². The van der Waals surface area contributed by atoms with Crippen molar-refractivity contribution in [3.63, 3.8) is 0 Å². The van der Waals surface area contributed by atoms with Crippen molar-refractivity contribution in [2.45, 2.75) is 26.7 Å². The molecule has 1 aliphatic rings. The number of hydrogen-bond donors (Lipinski definition) is 2. The molecule has 2 N–H and O–H groups in total. The molecular weight excluding hydrogens is 294 g/mol. The zero-order valence-electron chi connectivity index (χ0n) is 13.6. The molecule has 2 aromatic rings. The van der Waals surface area contributed by atoms with Crippen LogP contribution < -0.4 is 10.6 Å². The molecule has 1 fully saturated rings. The smallest absolute Gasteiger partial charge is 0.252 e. The van der Waals surface area contributed by atoms with E-state index in [2.05, 4.69) is 20.7 Å². The molecule has 2 aromatic heterocycles. The molecule has 1 aliphatic carbocycles. The van der Waals surface area contributed by atoms with E-state index in [4.69, 9.17) is 0 Å². The summed E-state index contributed by atoms with van der Waals surface area (Å²) in [5.74, 6) is 0.105. The molecule has 0 atom stereocenters. The number of aryl methyl sites for hydroxylation is 3. The Balaban J connectivity index is 1.69. The molecule has 2 heterocycles. The number of aromatic nitrogens is 3. The molecule has 7 heteroatoms. The maximum Gasteiger partial charge on any atom is 0.252 e. The normalized spacial score (nSPS) is 14.0. The number of carbonyl (C=O) groups is 2. The highest BCUT2D eigenvalue weighted by Crippen LogP contribution is 2.28. The van der Waals surface area contributed by atoms with Crippen molar-refractivity contribution in [1.82, 2.24) is 25.4 Å². The lowest BCUT2D eigenvalue weighted by molar-refractivity contribution is -0.122. The number of hydrogen-bond acceptors (Lipinski definition) is 4. The zero-order chi connectivity index (χ0) is 16.6. The lowest BCUT2D eigenvalue weighted by Crippen LogP contribution is -2.35. The molecule has 23 heavy (non-hydrogen) atoms. The fraction of sp³-hybridized carbons (Fsp3) is 0.500. The highest BCUT2D eigenvalue weighted by molar-refractivity contribution is 6.06. The summed E-state index contributed by atoms with van der Waals surface area (Å²) in [5, 5.41) is 10.8. The number of amides is 2. The van der Waals surface area contributed by atoms with E-state index >= 15 is 0 Å². The first-order valence-corrected chi connectivity index (χ1v) is 7.84. The Hall–Kier alpha value is -2.44. The Kier molecular flexibility index (Phi) is 4.02. The Labute approximate surface area is 134 Å². The fourth-order valence-electron chi connectivity index (χ4n) is 2.70. The highest BCUT2D eigenvalue weighted by Gasteiger charge is 2.29. The van der Waals surface area contributed by atoms with Crippen LogP contribution in [0.3, 0.4) is 0 Å². The first kappa shape index (κ1) is 15.5. The lowest BCUT2D eigenvalue weighted by Gasteiger charge is -2.08. The van der Waals surface area contributed by atoms with Crippen LogP contribution in [0.2, 0.25) is 0 Å². The minimum absolute atomic E-state index is 0.0875. The summed E-state index contributed by atoms with van der Waals surface area (Å²) in [6.45, 7) is 4.57. The second-order valence-electron chi connectivity index (χ2n) is 6.04. The predicted octanol–water partition coefficient (Wildman–Crippen LogP) is 0.841. The Morgan fingerprint density at radius 2 is 1.96 bits per heavy atom. The quantitative estimate of drug-likeness (QED) is 0.800. The third-order valence-corrected chi connectivity index (χ3v) is 4.00. The van der Waals surface area contributed by atoms with Gasteiger partial charge in [0.05, 0.1) is 16.6 Å². The van der Waals surface area contributed by atoms with Crippen LogP contribution in [0.15, 0.2) is 6.07 Å². The van der Waals surface area contributed by atoms with E-state index in [-0.39, 0.29) is 17.7 Å². The number of nitrogens with one attached hydrogen (secondary N) is 2. The molecule has 0 unspecified atom stereocenters. The average molecular weight is 315 g/mol. The largest absolute Gasteiger partial charge is 0.354 e. The molecular formula is C16H21N5O2. The lowest BCUT2D eigenvalue weighted by atomic mass is 10.1. The molecule has 0 saturated heterocycles. The molecule has 3 rings (SSSR count). The first-order valence-electron chi connectivity index (χ1n) is 7.84. The third kappa shape index (κ3) is 3.18. The molecule has 1 saturated carbocycles. The van der Waals surface area contributed by atoms with Gasteiger partial charge in [-0.25, -0.2) is 4.98 Å². The van der Waals surface area contributed by atoms with Gasteiger partial charge in [0.1, 0.15) is 0 Å². The number of fused-ring (bicyclic) bond motifs is 1. The van der Waals surface area contributed by atoms with Crippen LogP contribution in [0.4, 0.5) is 0 Å². The molecule has 7 nitrogen and oxygen atoms in total. The van der Waals surface area contributed by atoms with Crippen LogP contribution in [0, 0.1) is 19.8 Å². The molecule has 0 radical (unpaired) electrons. The summed E-state index contributed by atoms with van der Waals surface area (Å²) in [4.78, 5) is 28.5. The molecule has 0 spiro atoms. The summed E-state index contributed by atoms with van der Waals surface area (Å²) in [5.41, 5.74) is 2.83. The van der Waals surface area contributed by atoms with Crippen LogP contribution >= 0.6 is 0 Å². The summed E-state index contributed by atoms with van der Waals surface area (Å²) in [6, 6.07) is 1.77. The van der Waals surface area contributed by atoms with Gasteiger partial charge in [0, 0.05) is 31.7 Å². The van der Waals surface area contributed by atoms with Crippen molar-refractivity contribution in [3.05, 3.63) is 23.0 Å². The van der Waals surface area contributed by atoms with Crippen LogP contribution in [0.1, 0.15) is 34.6 Å². The second-order valence-corrected chi connectivity index (χ2v) is 6.04. The molecule has 0 aromatic carbocycles. The maximum absolute atomic E-state index is 12.5. The van der Waals surface area contributed by atoms with Gasteiger partial charge in [0.15, 0.2) is 5.65 Å². The van der Waals surface area contributed by atoms with E-state index in [1.54, 1.807) is 10.7 Å². The summed E-state index contributed by atoms with van der Waals surface area (Å²) in [6.07, 6.45) is 1.96. The van der Waals surface area contributed by atoms with E-state index in [0.717, 1.165) is 29.6 Å². The summed E-state index contributed by atoms with van der Waals surface area (Å²) in [7, 11) is 1.82. The highest BCUT2D eigenvalue weighted by atomic mass is 16.2. The Bertz CT molecular complexity index is 776. The number of pyridine rings is 1. The second kappa shape index (κ2) is 5.98. The van der Waals surface area contributed by atoms with Crippen LogP contribution in [0.25, 0.3) is 11.0 Å². The zero-order valence-corrected chi connectivity index (χ0v) is 13.6. The Morgan fingerprint density at radius 1 is 1.26 bits per heavy atom. The third-order valence-electron chi connectivity index (χ3n) is 4.00. The monoisotopic (exact) mass is 315 g/mol. The number of carbonyl (C=O) groups excluding carboxylic acids is 2. The SMILES string of the molecule is Cc1cc(C(=O)NCCNC(=O)C2CC2)c2c(C)nn(C)c2n1. The summed E-state index contributed by atoms with van der Waals surface area (Å²) >= 11 is 0. The fourth-order valence-corrected chi connectivity index (χ4v) is 2.70. The van der Waals surface area contributed by atoms with E-state index in [1.165, 1.54) is 0 Å². The molecule has 2 amide bonds. The van der Waals surface area contributed by atoms with Gasteiger partial charge in [-0.2, -0.15) is 5.10 Å². The van der Waals surface area contributed by atoms with Crippen molar-refractivity contribution in [2.75, 3.05) is 13.1 Å². The van der Waals surface area contributed by atoms with Gasteiger partial charge in [0.2, 0.25) is 5.91 Å². The first-order chi connectivity index (χ1) is 11.0.